The van der Waals surface area contributed by atoms with Crippen LogP contribution in [-0.2, 0) is 6.54 Å². The largest absolute Gasteiger partial charge is 0.497 e. The van der Waals surface area contributed by atoms with E-state index >= 15 is 0 Å². The number of amides is 1. The van der Waals surface area contributed by atoms with Crippen molar-refractivity contribution in [3.8, 4) is 5.75 Å². The normalized spacial score (nSPS) is 19.4. The number of hydrogen-bond acceptors (Lipinski definition) is 5. The summed E-state index contributed by atoms with van der Waals surface area (Å²) in [7, 11) is 1.62. The molecule has 0 radical (unpaired) electrons. The highest BCUT2D eigenvalue weighted by atomic mass is 16.5. The van der Waals surface area contributed by atoms with Gasteiger partial charge in [-0.05, 0) is 38.8 Å². The molecule has 1 aromatic carbocycles. The van der Waals surface area contributed by atoms with Crippen LogP contribution >= 0.6 is 0 Å². The van der Waals surface area contributed by atoms with Gasteiger partial charge in [0.25, 0.3) is 5.91 Å². The Labute approximate surface area is 156 Å². The maximum absolute atomic E-state index is 13.3. The van der Waals surface area contributed by atoms with Crippen LogP contribution in [0.3, 0.4) is 0 Å². The second kappa shape index (κ2) is 5.84. The molecule has 1 saturated carbocycles. The van der Waals surface area contributed by atoms with Gasteiger partial charge in [-0.15, -0.1) is 0 Å². The highest BCUT2D eigenvalue weighted by Crippen LogP contribution is 2.39. The van der Waals surface area contributed by atoms with E-state index in [9.17, 15) is 4.79 Å². The third-order valence-corrected chi connectivity index (χ3v) is 5.65. The summed E-state index contributed by atoms with van der Waals surface area (Å²) >= 11 is 0. The van der Waals surface area contributed by atoms with Crippen LogP contribution in [-0.4, -0.2) is 39.2 Å². The highest BCUT2D eigenvalue weighted by molar-refractivity contribution is 5.99. The van der Waals surface area contributed by atoms with Crippen LogP contribution in [0, 0.1) is 6.92 Å². The Kier molecular flexibility index (Phi) is 3.54. The van der Waals surface area contributed by atoms with Crippen molar-refractivity contribution in [3.05, 3.63) is 41.2 Å². The minimum absolute atomic E-state index is 0.0996. The van der Waals surface area contributed by atoms with Crippen LogP contribution in [0.5, 0.6) is 5.75 Å². The first-order valence-corrected chi connectivity index (χ1v) is 9.39. The molecule has 3 heterocycles. The van der Waals surface area contributed by atoms with Gasteiger partial charge in [0.05, 0.1) is 19.7 Å². The predicted molar refractivity (Wildman–Crippen MR) is 99.0 cm³/mol. The molecule has 7 nitrogen and oxygen atoms in total. The fraction of sp³-hybridized carbons (Fsp3) is 0.450. The van der Waals surface area contributed by atoms with Crippen molar-refractivity contribution in [1.29, 1.82) is 0 Å². The number of nitrogens with zero attached hydrogens (tertiary/aromatic N) is 4. The summed E-state index contributed by atoms with van der Waals surface area (Å²) in [5.41, 5.74) is 1.52. The van der Waals surface area contributed by atoms with Crippen LogP contribution in [0.25, 0.3) is 11.0 Å². The fourth-order valence-corrected chi connectivity index (χ4v) is 3.84. The van der Waals surface area contributed by atoms with E-state index in [4.69, 9.17) is 14.1 Å². The average Bonchev–Trinajstić information content (AvgIpc) is 3.35. The van der Waals surface area contributed by atoms with E-state index in [-0.39, 0.29) is 11.9 Å². The monoisotopic (exact) mass is 366 g/mol. The van der Waals surface area contributed by atoms with E-state index < -0.39 is 0 Å². The van der Waals surface area contributed by atoms with E-state index in [1.807, 2.05) is 41.6 Å². The topological polar surface area (TPSA) is 73.4 Å². The number of benzene rings is 1. The van der Waals surface area contributed by atoms with Crippen LogP contribution < -0.4 is 4.74 Å². The number of aryl methyl sites for hydroxylation is 1. The molecule has 2 aromatic heterocycles. The Morgan fingerprint density at radius 2 is 2.11 bits per heavy atom. The van der Waals surface area contributed by atoms with E-state index in [1.165, 1.54) is 12.8 Å². The molecule has 140 valence electrons. The van der Waals surface area contributed by atoms with Gasteiger partial charge in [-0.1, -0.05) is 0 Å². The second-order valence-electron chi connectivity index (χ2n) is 7.42. The van der Waals surface area contributed by atoms with Gasteiger partial charge in [0.2, 0.25) is 0 Å². The van der Waals surface area contributed by atoms with Gasteiger partial charge in [-0.25, -0.2) is 9.67 Å². The van der Waals surface area contributed by atoms with Crippen molar-refractivity contribution < 1.29 is 13.9 Å². The molecular formula is C20H22N4O3. The molecular weight excluding hydrogens is 344 g/mol. The molecule has 0 saturated heterocycles. The Bertz CT molecular complexity index is 1050. The Morgan fingerprint density at radius 1 is 1.30 bits per heavy atom. The molecule has 1 amide bonds. The van der Waals surface area contributed by atoms with Crippen LogP contribution in [0.1, 0.15) is 59.5 Å². The molecule has 0 bridgehead atoms. The smallest absolute Gasteiger partial charge is 0.290 e. The Balaban J connectivity index is 1.48. The number of carbonyl (C=O) groups is 1. The minimum atomic E-state index is -0.131. The number of methoxy groups -OCH3 is 1. The molecule has 1 aliphatic carbocycles. The summed E-state index contributed by atoms with van der Waals surface area (Å²) in [6, 6.07) is 5.50. The van der Waals surface area contributed by atoms with Gasteiger partial charge in [0, 0.05) is 29.5 Å². The maximum Gasteiger partial charge on any atom is 0.290 e. The third-order valence-electron chi connectivity index (χ3n) is 5.65. The van der Waals surface area contributed by atoms with Crippen molar-refractivity contribution >= 4 is 16.9 Å². The molecule has 0 unspecified atom stereocenters. The summed E-state index contributed by atoms with van der Waals surface area (Å²) < 4.78 is 13.1. The van der Waals surface area contributed by atoms with E-state index in [0.717, 1.165) is 22.6 Å². The SMILES string of the molecule is COc1ccc2c(C)c(C(=O)N3CCn4nc(C5CC5)nc4[C@H]3C)oc2c1. The first kappa shape index (κ1) is 16.4. The molecule has 0 N–H and O–H groups in total. The fourth-order valence-electron chi connectivity index (χ4n) is 3.84. The number of aromatic nitrogens is 3. The van der Waals surface area contributed by atoms with Crippen LogP contribution in [0.4, 0.5) is 0 Å². The predicted octanol–water partition coefficient (Wildman–Crippen LogP) is 3.44. The number of ether oxygens (including phenoxy) is 1. The standard InChI is InChI=1S/C20H22N4O3/c1-11-15-7-6-14(26-3)10-16(15)27-17(11)20(25)23-8-9-24-19(12(23)2)21-18(22-24)13-4-5-13/h6-7,10,12-13H,4-5,8-9H2,1-3H3/t12-/m1/s1. The molecule has 1 fully saturated rings. The van der Waals surface area contributed by atoms with Gasteiger partial charge in [0.15, 0.2) is 11.6 Å². The molecule has 0 spiro atoms. The lowest BCUT2D eigenvalue weighted by Crippen LogP contribution is -2.41. The Hall–Kier alpha value is -2.83. The first-order valence-electron chi connectivity index (χ1n) is 9.39. The summed E-state index contributed by atoms with van der Waals surface area (Å²) in [5.74, 6) is 3.30. The van der Waals surface area contributed by atoms with Crippen molar-refractivity contribution in [2.45, 2.75) is 45.2 Å². The molecule has 2 aliphatic rings. The molecule has 3 aromatic rings. The zero-order valence-electron chi connectivity index (χ0n) is 15.7. The van der Waals surface area contributed by atoms with E-state index in [1.54, 1.807) is 7.11 Å². The lowest BCUT2D eigenvalue weighted by atomic mass is 10.1. The lowest BCUT2D eigenvalue weighted by Gasteiger charge is -2.32. The van der Waals surface area contributed by atoms with E-state index in [2.05, 4.69) is 5.10 Å². The van der Waals surface area contributed by atoms with Gasteiger partial charge in [-0.3, -0.25) is 4.79 Å². The quantitative estimate of drug-likeness (QED) is 0.710. The summed E-state index contributed by atoms with van der Waals surface area (Å²) in [5, 5.41) is 5.56. The van der Waals surface area contributed by atoms with Crippen molar-refractivity contribution in [1.82, 2.24) is 19.7 Å². The number of rotatable bonds is 3. The van der Waals surface area contributed by atoms with Crippen molar-refractivity contribution in [3.63, 3.8) is 0 Å². The van der Waals surface area contributed by atoms with Crippen LogP contribution in [0.15, 0.2) is 22.6 Å². The molecule has 7 heteroatoms. The number of furan rings is 1. The van der Waals surface area contributed by atoms with Gasteiger partial charge in [-0.2, -0.15) is 5.10 Å². The molecule has 5 rings (SSSR count). The van der Waals surface area contributed by atoms with E-state index in [0.29, 0.717) is 36.1 Å². The number of hydrogen-bond donors (Lipinski definition) is 0. The third kappa shape index (κ3) is 2.52. The molecule has 1 atom stereocenters. The maximum atomic E-state index is 13.3. The Morgan fingerprint density at radius 3 is 2.85 bits per heavy atom. The summed E-state index contributed by atoms with van der Waals surface area (Å²) in [6.45, 7) is 5.20. The van der Waals surface area contributed by atoms with Gasteiger partial charge < -0.3 is 14.1 Å². The van der Waals surface area contributed by atoms with Crippen molar-refractivity contribution in [2.24, 2.45) is 0 Å². The second-order valence-corrected chi connectivity index (χ2v) is 7.42. The zero-order valence-corrected chi connectivity index (χ0v) is 15.7. The zero-order chi connectivity index (χ0) is 18.7. The van der Waals surface area contributed by atoms with Crippen molar-refractivity contribution in [2.75, 3.05) is 13.7 Å². The molecule has 1 aliphatic heterocycles. The number of carbonyl (C=O) groups excluding carboxylic acids is 1. The minimum Gasteiger partial charge on any atom is -0.497 e. The summed E-state index contributed by atoms with van der Waals surface area (Å²) in [4.78, 5) is 19.8. The molecule has 27 heavy (non-hydrogen) atoms. The summed E-state index contributed by atoms with van der Waals surface area (Å²) in [6.07, 6.45) is 2.34. The van der Waals surface area contributed by atoms with Gasteiger partial charge in [0.1, 0.15) is 17.2 Å². The number of fused-ring (bicyclic) bond motifs is 2. The highest BCUT2D eigenvalue weighted by Gasteiger charge is 2.36. The average molecular weight is 366 g/mol. The van der Waals surface area contributed by atoms with Gasteiger partial charge >= 0.3 is 0 Å². The van der Waals surface area contributed by atoms with Crippen LogP contribution in [0.2, 0.25) is 0 Å². The first-order chi connectivity index (χ1) is 13.1. The lowest BCUT2D eigenvalue weighted by molar-refractivity contribution is 0.0599.